The summed E-state index contributed by atoms with van der Waals surface area (Å²) in [5.74, 6) is 0.577. The number of rotatable bonds is 8. The molecule has 1 aliphatic heterocycles. The summed E-state index contributed by atoms with van der Waals surface area (Å²) in [7, 11) is 1.60. The number of imidazole rings is 1. The number of para-hydroxylation sites is 1. The van der Waals surface area contributed by atoms with Gasteiger partial charge in [0.15, 0.2) is 0 Å². The monoisotopic (exact) mass is 479 g/mol. The van der Waals surface area contributed by atoms with Gasteiger partial charge in [-0.05, 0) is 30.0 Å². The quantitative estimate of drug-likeness (QED) is 0.529. The summed E-state index contributed by atoms with van der Waals surface area (Å²) < 4.78 is 12.6. The molecule has 0 atom stereocenters. The minimum Gasteiger partial charge on any atom is -0.496 e. The fourth-order valence-electron chi connectivity index (χ4n) is 3.86. The summed E-state index contributed by atoms with van der Waals surface area (Å²) in [4.78, 5) is 31.6. The topological polar surface area (TPSA) is 109 Å². The van der Waals surface area contributed by atoms with Gasteiger partial charge in [0, 0.05) is 30.2 Å². The number of hydrogen-bond donors (Lipinski definition) is 1. The largest absolute Gasteiger partial charge is 0.496 e. The minimum absolute atomic E-state index is 0.170. The zero-order valence-electron chi connectivity index (χ0n) is 18.8. The molecule has 0 fully saturated rings. The number of aryl methyl sites for hydroxylation is 1. The Morgan fingerprint density at radius 2 is 2.18 bits per heavy atom. The molecule has 0 spiro atoms. The molecule has 0 bridgehead atoms. The Labute approximate surface area is 201 Å². The molecule has 3 heterocycles. The number of methoxy groups -OCH3 is 1. The highest BCUT2D eigenvalue weighted by Gasteiger charge is 2.28. The second-order valence-corrected chi connectivity index (χ2v) is 8.87. The number of amides is 2. The van der Waals surface area contributed by atoms with E-state index in [1.165, 1.54) is 11.3 Å². The van der Waals surface area contributed by atoms with Gasteiger partial charge >= 0.3 is 6.09 Å². The molecule has 0 radical (unpaired) electrons. The van der Waals surface area contributed by atoms with Crippen LogP contribution in [0.4, 0.5) is 9.80 Å². The van der Waals surface area contributed by atoms with Gasteiger partial charge in [0.25, 0.3) is 0 Å². The molecule has 2 aromatic heterocycles. The molecule has 1 N–H and O–H groups in total. The lowest BCUT2D eigenvalue weighted by molar-refractivity contribution is -0.116. The maximum Gasteiger partial charge on any atom is 0.410 e. The van der Waals surface area contributed by atoms with E-state index in [0.717, 1.165) is 21.8 Å². The summed E-state index contributed by atoms with van der Waals surface area (Å²) in [6.45, 7) is 1.60. The van der Waals surface area contributed by atoms with Gasteiger partial charge in [-0.25, -0.2) is 9.78 Å². The van der Waals surface area contributed by atoms with Crippen LogP contribution in [0.1, 0.15) is 28.0 Å². The fourth-order valence-corrected chi connectivity index (χ4v) is 5.09. The molecule has 1 aromatic carbocycles. The minimum atomic E-state index is -0.389. The molecule has 0 saturated heterocycles. The van der Waals surface area contributed by atoms with Crippen LogP contribution in [-0.4, -0.2) is 46.7 Å². The zero-order valence-corrected chi connectivity index (χ0v) is 19.6. The first-order valence-electron chi connectivity index (χ1n) is 10.9. The standard InChI is InChI=1S/C24H25N5O4S/c1-32-20-5-3-2-4-17(20)6-7-22(30)27-23-19(14-25)18-8-10-29(15-21(18)34-23)24(31)33-13-12-28-11-9-26-16-28/h2-5,9,11,16H,6-8,10,12-13,15H2,1H3,(H,27,30). The van der Waals surface area contributed by atoms with Gasteiger partial charge in [-0.1, -0.05) is 18.2 Å². The van der Waals surface area contributed by atoms with E-state index < -0.39 is 0 Å². The lowest BCUT2D eigenvalue weighted by atomic mass is 10.0. The summed E-state index contributed by atoms with van der Waals surface area (Å²) in [5.41, 5.74) is 2.34. The van der Waals surface area contributed by atoms with E-state index in [2.05, 4.69) is 16.4 Å². The van der Waals surface area contributed by atoms with Crippen LogP contribution in [0.3, 0.4) is 0 Å². The van der Waals surface area contributed by atoms with Crippen molar-refractivity contribution in [3.05, 3.63) is 64.6 Å². The highest BCUT2D eigenvalue weighted by atomic mass is 32.1. The van der Waals surface area contributed by atoms with Crippen molar-refractivity contribution in [3.63, 3.8) is 0 Å². The second-order valence-electron chi connectivity index (χ2n) is 7.77. The Morgan fingerprint density at radius 1 is 1.32 bits per heavy atom. The van der Waals surface area contributed by atoms with E-state index in [-0.39, 0.29) is 25.0 Å². The number of ether oxygens (including phenoxy) is 2. The van der Waals surface area contributed by atoms with Gasteiger partial charge in [0.2, 0.25) is 5.91 Å². The molecule has 2 amide bonds. The molecule has 1 aliphatic rings. The number of aromatic nitrogens is 2. The molecule has 0 saturated carbocycles. The number of nitrogens with one attached hydrogen (secondary N) is 1. The maximum atomic E-state index is 12.6. The predicted octanol–water partition coefficient (Wildman–Crippen LogP) is 3.59. The summed E-state index contributed by atoms with van der Waals surface area (Å²) in [5, 5.41) is 13.1. The summed E-state index contributed by atoms with van der Waals surface area (Å²) >= 11 is 1.35. The third-order valence-electron chi connectivity index (χ3n) is 5.63. The van der Waals surface area contributed by atoms with E-state index >= 15 is 0 Å². The molecule has 9 nitrogen and oxygen atoms in total. The zero-order chi connectivity index (χ0) is 23.9. The van der Waals surface area contributed by atoms with Crippen molar-refractivity contribution >= 4 is 28.3 Å². The lowest BCUT2D eigenvalue weighted by Crippen LogP contribution is -2.36. The molecule has 10 heteroatoms. The van der Waals surface area contributed by atoms with E-state index in [1.54, 1.807) is 24.5 Å². The van der Waals surface area contributed by atoms with Gasteiger partial charge in [-0.2, -0.15) is 5.26 Å². The number of carbonyl (C=O) groups excluding carboxylic acids is 2. The average Bonchev–Trinajstić information content (AvgIpc) is 3.49. The molecule has 3 aromatic rings. The Hall–Kier alpha value is -3.84. The first-order valence-corrected chi connectivity index (χ1v) is 11.7. The van der Waals surface area contributed by atoms with Gasteiger partial charge < -0.3 is 24.3 Å². The van der Waals surface area contributed by atoms with Crippen LogP contribution < -0.4 is 10.1 Å². The Bertz CT molecular complexity index is 1200. The molecule has 4 rings (SSSR count). The van der Waals surface area contributed by atoms with E-state index in [9.17, 15) is 14.9 Å². The van der Waals surface area contributed by atoms with Crippen LogP contribution in [-0.2, 0) is 35.5 Å². The lowest BCUT2D eigenvalue weighted by Gasteiger charge is -2.26. The highest BCUT2D eigenvalue weighted by Crippen LogP contribution is 2.37. The van der Waals surface area contributed by atoms with Crippen molar-refractivity contribution < 1.29 is 19.1 Å². The number of anilines is 1. The number of hydrogen-bond acceptors (Lipinski definition) is 7. The van der Waals surface area contributed by atoms with Crippen molar-refractivity contribution in [2.45, 2.75) is 32.4 Å². The first kappa shape index (κ1) is 23.3. The van der Waals surface area contributed by atoms with Crippen LogP contribution in [0.25, 0.3) is 0 Å². The number of nitrogens with zero attached hydrogens (tertiary/aromatic N) is 4. The first-order chi connectivity index (χ1) is 16.6. The average molecular weight is 480 g/mol. The van der Waals surface area contributed by atoms with Crippen LogP contribution in [0.15, 0.2) is 43.0 Å². The van der Waals surface area contributed by atoms with E-state index in [1.807, 2.05) is 35.0 Å². The van der Waals surface area contributed by atoms with Crippen molar-refractivity contribution in [2.24, 2.45) is 0 Å². The van der Waals surface area contributed by atoms with E-state index in [0.29, 0.717) is 43.0 Å². The summed E-state index contributed by atoms with van der Waals surface area (Å²) in [6, 6.07) is 9.82. The number of nitriles is 1. The molecule has 0 aliphatic carbocycles. The highest BCUT2D eigenvalue weighted by molar-refractivity contribution is 7.16. The number of benzene rings is 1. The molecular formula is C24H25N5O4S. The van der Waals surface area contributed by atoms with Gasteiger partial charge in [-0.3, -0.25) is 4.79 Å². The van der Waals surface area contributed by atoms with Crippen molar-refractivity contribution in [2.75, 3.05) is 25.6 Å². The number of fused-ring (bicyclic) bond motifs is 1. The second kappa shape index (κ2) is 10.9. The van der Waals surface area contributed by atoms with Gasteiger partial charge in [0.1, 0.15) is 23.4 Å². The SMILES string of the molecule is COc1ccccc1CCC(=O)Nc1sc2c(c1C#N)CCN(C(=O)OCCn1ccnc1)C2. The number of carbonyl (C=O) groups is 2. The van der Waals surface area contributed by atoms with Crippen LogP contribution in [0.5, 0.6) is 5.75 Å². The molecular weight excluding hydrogens is 454 g/mol. The third kappa shape index (κ3) is 5.38. The predicted molar refractivity (Wildman–Crippen MR) is 127 cm³/mol. The van der Waals surface area contributed by atoms with Gasteiger partial charge in [0.05, 0.1) is 32.1 Å². The van der Waals surface area contributed by atoms with Crippen molar-refractivity contribution in [1.29, 1.82) is 5.26 Å². The number of thiophene rings is 1. The Balaban J connectivity index is 1.35. The Kier molecular flexibility index (Phi) is 7.44. The Morgan fingerprint density at radius 3 is 2.94 bits per heavy atom. The summed E-state index contributed by atoms with van der Waals surface area (Å²) in [6.07, 6.45) is 6.10. The maximum absolute atomic E-state index is 12.6. The molecule has 176 valence electrons. The molecule has 34 heavy (non-hydrogen) atoms. The van der Waals surface area contributed by atoms with Crippen LogP contribution in [0.2, 0.25) is 0 Å². The smallest absolute Gasteiger partial charge is 0.410 e. The normalized spacial score (nSPS) is 12.5. The molecule has 0 unspecified atom stereocenters. The van der Waals surface area contributed by atoms with Crippen LogP contribution >= 0.6 is 11.3 Å². The fraction of sp³-hybridized carbons (Fsp3) is 0.333. The third-order valence-corrected chi connectivity index (χ3v) is 6.76. The van der Waals surface area contributed by atoms with Crippen molar-refractivity contribution in [1.82, 2.24) is 14.5 Å². The van der Waals surface area contributed by atoms with Crippen LogP contribution in [0, 0.1) is 11.3 Å². The van der Waals surface area contributed by atoms with E-state index in [4.69, 9.17) is 9.47 Å². The van der Waals surface area contributed by atoms with Crippen molar-refractivity contribution in [3.8, 4) is 11.8 Å². The van der Waals surface area contributed by atoms with Gasteiger partial charge in [-0.15, -0.1) is 11.3 Å².